The lowest BCUT2D eigenvalue weighted by atomic mass is 9.76. The van der Waals surface area contributed by atoms with Crippen LogP contribution in [0.1, 0.15) is 36.9 Å². The predicted molar refractivity (Wildman–Crippen MR) is 138 cm³/mol. The zero-order valence-electron chi connectivity index (χ0n) is 21.1. The summed E-state index contributed by atoms with van der Waals surface area (Å²) in [6.07, 6.45) is 6.58. The van der Waals surface area contributed by atoms with E-state index in [0.29, 0.717) is 66.1 Å². The molecule has 3 aliphatic heterocycles. The third kappa shape index (κ3) is 4.96. The van der Waals surface area contributed by atoms with Crippen molar-refractivity contribution in [2.75, 3.05) is 38.2 Å². The number of hydrogen-bond donors (Lipinski definition) is 3. The molecule has 38 heavy (non-hydrogen) atoms. The van der Waals surface area contributed by atoms with Gasteiger partial charge in [0.2, 0.25) is 5.88 Å². The first-order valence-corrected chi connectivity index (χ1v) is 13.1. The molecule has 3 N–H and O–H groups in total. The highest BCUT2D eigenvalue weighted by molar-refractivity contribution is 5.82. The second-order valence-electron chi connectivity index (χ2n) is 10.2. The molecule has 3 aromatic rings. The maximum atomic E-state index is 13.0. The highest BCUT2D eigenvalue weighted by atomic mass is 16.5. The van der Waals surface area contributed by atoms with Crippen LogP contribution < -0.4 is 20.3 Å². The number of aromatic amines is 1. The van der Waals surface area contributed by atoms with E-state index in [-0.39, 0.29) is 36.8 Å². The minimum absolute atomic E-state index is 0.0970. The van der Waals surface area contributed by atoms with Crippen LogP contribution in [0.3, 0.4) is 0 Å². The van der Waals surface area contributed by atoms with Gasteiger partial charge in [0, 0.05) is 30.3 Å². The summed E-state index contributed by atoms with van der Waals surface area (Å²) in [5.41, 5.74) is 3.13. The van der Waals surface area contributed by atoms with Crippen molar-refractivity contribution in [3.8, 4) is 11.6 Å². The molecule has 2 saturated heterocycles. The van der Waals surface area contributed by atoms with Gasteiger partial charge in [-0.1, -0.05) is 0 Å². The fraction of sp³-hybridized carbons (Fsp3) is 0.481. The van der Waals surface area contributed by atoms with E-state index in [1.54, 1.807) is 12.3 Å². The highest BCUT2D eigenvalue weighted by Gasteiger charge is 2.45. The number of aliphatic hydroxyl groups excluding tert-OH is 1. The molecule has 6 heterocycles. The summed E-state index contributed by atoms with van der Waals surface area (Å²) in [7, 11) is 0. The zero-order valence-corrected chi connectivity index (χ0v) is 21.1. The number of aromatic nitrogens is 3. The standard InChI is InChI=1S/C27H31N5O6/c33-9-10-36-20-12-23-22(28-13-20)11-17(25(35)31-23)5-8-32(27-6-3-19(4-7-27)37-16-27)15-18-1-2-21-26(30-18)38-24(34)14-29-21/h1-2,11-13,19,29,33H,3-10,14-16H2,(H,31,35). The maximum Gasteiger partial charge on any atom is 0.332 e. The molecule has 200 valence electrons. The Morgan fingerprint density at radius 2 is 2.08 bits per heavy atom. The Hall–Kier alpha value is -3.54. The Bertz CT molecular complexity index is 1390. The number of carbonyl (C=O) groups excluding carboxylic acids is 1. The Labute approximate surface area is 219 Å². The first kappa shape index (κ1) is 24.8. The van der Waals surface area contributed by atoms with E-state index in [9.17, 15) is 9.59 Å². The van der Waals surface area contributed by atoms with Crippen LogP contribution >= 0.6 is 0 Å². The predicted octanol–water partition coefficient (Wildman–Crippen LogP) is 1.78. The third-order valence-corrected chi connectivity index (χ3v) is 7.78. The average molecular weight is 522 g/mol. The summed E-state index contributed by atoms with van der Waals surface area (Å²) < 4.78 is 16.9. The highest BCUT2D eigenvalue weighted by Crippen LogP contribution is 2.41. The van der Waals surface area contributed by atoms with Crippen LogP contribution in [0.25, 0.3) is 11.0 Å². The van der Waals surface area contributed by atoms with E-state index in [1.807, 2.05) is 18.2 Å². The summed E-state index contributed by atoms with van der Waals surface area (Å²) in [6.45, 7) is 2.04. The fourth-order valence-electron chi connectivity index (χ4n) is 5.68. The van der Waals surface area contributed by atoms with Crippen LogP contribution in [-0.4, -0.2) is 75.5 Å². The number of esters is 1. The van der Waals surface area contributed by atoms with E-state index < -0.39 is 0 Å². The Morgan fingerprint density at radius 1 is 1.21 bits per heavy atom. The summed E-state index contributed by atoms with van der Waals surface area (Å²) >= 11 is 0. The monoisotopic (exact) mass is 521 g/mol. The van der Waals surface area contributed by atoms with Gasteiger partial charge in [-0.3, -0.25) is 14.7 Å². The second-order valence-corrected chi connectivity index (χ2v) is 10.2. The van der Waals surface area contributed by atoms with Gasteiger partial charge in [0.25, 0.3) is 5.56 Å². The summed E-state index contributed by atoms with van der Waals surface area (Å²) in [6, 6.07) is 7.39. The van der Waals surface area contributed by atoms with Gasteiger partial charge in [-0.15, -0.1) is 0 Å². The molecule has 4 aliphatic rings. The van der Waals surface area contributed by atoms with Gasteiger partial charge in [-0.05, 0) is 50.3 Å². The number of pyridine rings is 3. The number of ether oxygens (including phenoxy) is 3. The minimum atomic E-state index is -0.354. The van der Waals surface area contributed by atoms with Crippen molar-refractivity contribution >= 4 is 22.7 Å². The second kappa shape index (κ2) is 10.3. The first-order valence-electron chi connectivity index (χ1n) is 13.1. The Morgan fingerprint density at radius 3 is 2.87 bits per heavy atom. The number of rotatable bonds is 9. The molecule has 0 spiro atoms. The quantitative estimate of drug-likeness (QED) is 0.357. The van der Waals surface area contributed by atoms with Gasteiger partial charge >= 0.3 is 5.97 Å². The van der Waals surface area contributed by atoms with Gasteiger partial charge in [-0.25, -0.2) is 9.78 Å². The van der Waals surface area contributed by atoms with Crippen LogP contribution in [0.4, 0.5) is 5.69 Å². The molecule has 0 atom stereocenters. The van der Waals surface area contributed by atoms with E-state index in [2.05, 4.69) is 25.2 Å². The minimum Gasteiger partial charge on any atom is -0.490 e. The third-order valence-electron chi connectivity index (χ3n) is 7.78. The van der Waals surface area contributed by atoms with Crippen molar-refractivity contribution in [2.45, 2.75) is 50.3 Å². The first-order chi connectivity index (χ1) is 18.5. The van der Waals surface area contributed by atoms with E-state index in [1.165, 1.54) is 0 Å². The van der Waals surface area contributed by atoms with Gasteiger partial charge in [0.15, 0.2) is 0 Å². The molecule has 2 bridgehead atoms. The average Bonchev–Trinajstić information content (AvgIpc) is 2.94. The molecule has 0 aromatic carbocycles. The summed E-state index contributed by atoms with van der Waals surface area (Å²) in [5, 5.41) is 12.0. The lowest BCUT2D eigenvalue weighted by molar-refractivity contribution is -0.138. The van der Waals surface area contributed by atoms with Crippen LogP contribution in [0, 0.1) is 0 Å². The molecule has 1 saturated carbocycles. The fourth-order valence-corrected chi connectivity index (χ4v) is 5.68. The zero-order chi connectivity index (χ0) is 26.1. The van der Waals surface area contributed by atoms with Crippen LogP contribution in [0.15, 0.2) is 35.3 Å². The molecule has 7 rings (SSSR count). The van der Waals surface area contributed by atoms with Gasteiger partial charge < -0.3 is 29.6 Å². The number of nitrogens with zero attached hydrogens (tertiary/aromatic N) is 3. The smallest absolute Gasteiger partial charge is 0.332 e. The van der Waals surface area contributed by atoms with Gasteiger partial charge in [0.1, 0.15) is 18.9 Å². The molecule has 0 radical (unpaired) electrons. The molecular formula is C27H31N5O6. The number of hydrogen-bond acceptors (Lipinski definition) is 10. The normalized spacial score (nSPS) is 22.3. The van der Waals surface area contributed by atoms with Crippen molar-refractivity contribution in [3.63, 3.8) is 0 Å². The SMILES string of the molecule is O=C1CNc2ccc(CN(CCc3cc4ncc(OCCO)cc4[nH]c3=O)C34CCC(CC3)OC4)nc2O1. The maximum absolute atomic E-state index is 13.0. The number of fused-ring (bicyclic) bond motifs is 5. The lowest BCUT2D eigenvalue weighted by Gasteiger charge is -2.52. The molecular weight excluding hydrogens is 490 g/mol. The van der Waals surface area contributed by atoms with Crippen molar-refractivity contribution in [1.82, 2.24) is 19.9 Å². The molecule has 11 heteroatoms. The van der Waals surface area contributed by atoms with Gasteiger partial charge in [-0.2, -0.15) is 0 Å². The molecule has 0 unspecified atom stereocenters. The molecule has 3 aromatic heterocycles. The molecule has 1 aliphatic carbocycles. The number of nitrogens with one attached hydrogen (secondary N) is 2. The number of aliphatic hydroxyl groups is 1. The largest absolute Gasteiger partial charge is 0.490 e. The van der Waals surface area contributed by atoms with Crippen LogP contribution in [-0.2, 0) is 22.5 Å². The van der Waals surface area contributed by atoms with Crippen molar-refractivity contribution in [1.29, 1.82) is 0 Å². The topological polar surface area (TPSA) is 139 Å². The lowest BCUT2D eigenvalue weighted by Crippen LogP contribution is -2.59. The summed E-state index contributed by atoms with van der Waals surface area (Å²) in [4.78, 5) is 39.1. The van der Waals surface area contributed by atoms with Crippen molar-refractivity contribution < 1.29 is 24.1 Å². The molecule has 11 nitrogen and oxygen atoms in total. The van der Waals surface area contributed by atoms with E-state index >= 15 is 0 Å². The number of anilines is 1. The van der Waals surface area contributed by atoms with Crippen molar-refractivity contribution in [3.05, 3.63) is 52.1 Å². The Balaban J connectivity index is 1.24. The van der Waals surface area contributed by atoms with Gasteiger partial charge in [0.05, 0.1) is 47.9 Å². The number of carbonyl (C=O) groups is 1. The number of H-pyrrole nitrogens is 1. The van der Waals surface area contributed by atoms with Crippen molar-refractivity contribution in [2.24, 2.45) is 0 Å². The molecule has 0 amide bonds. The van der Waals surface area contributed by atoms with Crippen LogP contribution in [0.5, 0.6) is 11.6 Å². The summed E-state index contributed by atoms with van der Waals surface area (Å²) in [5.74, 6) is 0.443. The van der Waals surface area contributed by atoms with E-state index in [4.69, 9.17) is 19.3 Å². The van der Waals surface area contributed by atoms with E-state index in [0.717, 1.165) is 31.4 Å². The van der Waals surface area contributed by atoms with Crippen LogP contribution in [0.2, 0.25) is 0 Å². The Kier molecular flexibility index (Phi) is 6.73. The molecule has 3 fully saturated rings.